The minimum absolute atomic E-state index is 0.200. The molecule has 0 spiro atoms. The SMILES string of the molecule is CC1[Se]c2ccc(Cl)cc2C1=O. The van der Waals surface area contributed by atoms with Gasteiger partial charge in [-0.15, -0.1) is 0 Å². The van der Waals surface area contributed by atoms with Gasteiger partial charge >= 0.3 is 82.1 Å². The van der Waals surface area contributed by atoms with Crippen molar-refractivity contribution in [1.29, 1.82) is 0 Å². The summed E-state index contributed by atoms with van der Waals surface area (Å²) in [5.41, 5.74) is 0.843. The van der Waals surface area contributed by atoms with Crippen molar-refractivity contribution in [3.05, 3.63) is 28.8 Å². The number of ketones is 1. The predicted octanol–water partition coefficient (Wildman–Crippen LogP) is 1.67. The molecule has 0 aromatic heterocycles. The molecule has 12 heavy (non-hydrogen) atoms. The van der Waals surface area contributed by atoms with E-state index >= 15 is 0 Å². The summed E-state index contributed by atoms with van der Waals surface area (Å²) in [7, 11) is 0. The van der Waals surface area contributed by atoms with Crippen LogP contribution < -0.4 is 4.46 Å². The van der Waals surface area contributed by atoms with E-state index in [-0.39, 0.29) is 10.6 Å². The van der Waals surface area contributed by atoms with Crippen LogP contribution in [0, 0.1) is 0 Å². The molecule has 1 nitrogen and oxygen atoms in total. The van der Waals surface area contributed by atoms with Crippen molar-refractivity contribution in [2.75, 3.05) is 0 Å². The van der Waals surface area contributed by atoms with Crippen LogP contribution in [0.25, 0.3) is 0 Å². The number of rotatable bonds is 0. The molecule has 0 fully saturated rings. The van der Waals surface area contributed by atoms with Crippen LogP contribution in [0.4, 0.5) is 0 Å². The Bertz CT molecular complexity index is 348. The average molecular weight is 246 g/mol. The molecule has 1 heterocycles. The van der Waals surface area contributed by atoms with E-state index < -0.39 is 0 Å². The van der Waals surface area contributed by atoms with E-state index in [0.29, 0.717) is 20.0 Å². The van der Waals surface area contributed by atoms with Gasteiger partial charge in [-0.1, -0.05) is 0 Å². The summed E-state index contributed by atoms with van der Waals surface area (Å²) in [5, 5.41) is 0.659. The summed E-state index contributed by atoms with van der Waals surface area (Å²) in [6.07, 6.45) is 0. The van der Waals surface area contributed by atoms with Crippen LogP contribution in [-0.4, -0.2) is 20.7 Å². The first-order valence-electron chi connectivity index (χ1n) is 3.69. The molecule has 0 saturated heterocycles. The molecule has 3 heteroatoms. The van der Waals surface area contributed by atoms with Crippen molar-refractivity contribution in [3.8, 4) is 0 Å². The maximum absolute atomic E-state index is 11.5. The van der Waals surface area contributed by atoms with Gasteiger partial charge in [0.05, 0.1) is 0 Å². The van der Waals surface area contributed by atoms with E-state index in [1.54, 1.807) is 6.07 Å². The number of carbonyl (C=O) groups is 1. The van der Waals surface area contributed by atoms with Crippen LogP contribution in [0.5, 0.6) is 0 Å². The second-order valence-corrected chi connectivity index (χ2v) is 6.10. The molecule has 62 valence electrons. The second-order valence-electron chi connectivity index (χ2n) is 2.76. The van der Waals surface area contributed by atoms with E-state index in [4.69, 9.17) is 11.6 Å². The molecule has 1 aromatic rings. The van der Waals surface area contributed by atoms with Crippen molar-refractivity contribution in [2.45, 2.75) is 11.7 Å². The minimum atomic E-state index is 0.200. The van der Waals surface area contributed by atoms with E-state index in [0.717, 1.165) is 5.56 Å². The fourth-order valence-electron chi connectivity index (χ4n) is 1.26. The summed E-state index contributed by atoms with van der Waals surface area (Å²) in [5.74, 6) is 0.257. The predicted molar refractivity (Wildman–Crippen MR) is 50.6 cm³/mol. The average Bonchev–Trinajstić information content (AvgIpc) is 2.31. The molecule has 0 aliphatic carbocycles. The molecule has 1 unspecified atom stereocenters. The molecule has 1 aliphatic heterocycles. The molecular weight excluding hydrogens is 239 g/mol. The van der Waals surface area contributed by atoms with Gasteiger partial charge in [0.25, 0.3) is 0 Å². The Balaban J connectivity index is 2.56. The van der Waals surface area contributed by atoms with Gasteiger partial charge in [-0.2, -0.15) is 0 Å². The Hall–Kier alpha value is -0.301. The zero-order chi connectivity index (χ0) is 8.72. The molecule has 0 saturated carbocycles. The third kappa shape index (κ3) is 1.20. The van der Waals surface area contributed by atoms with Crippen molar-refractivity contribution >= 4 is 36.8 Å². The topological polar surface area (TPSA) is 17.1 Å². The van der Waals surface area contributed by atoms with Crippen LogP contribution in [0.2, 0.25) is 9.84 Å². The summed E-state index contributed by atoms with van der Waals surface area (Å²) in [6.45, 7) is 1.98. The van der Waals surface area contributed by atoms with Gasteiger partial charge < -0.3 is 0 Å². The first-order chi connectivity index (χ1) is 5.68. The Morgan fingerprint density at radius 1 is 1.50 bits per heavy atom. The zero-order valence-corrected chi connectivity index (χ0v) is 8.97. The van der Waals surface area contributed by atoms with Crippen molar-refractivity contribution in [1.82, 2.24) is 0 Å². The van der Waals surface area contributed by atoms with Gasteiger partial charge in [-0.25, -0.2) is 0 Å². The number of fused-ring (bicyclic) bond motifs is 1. The number of carbonyl (C=O) groups excluding carboxylic acids is 1. The Morgan fingerprint density at radius 3 is 3.00 bits per heavy atom. The molecule has 0 amide bonds. The number of hydrogen-bond donors (Lipinski definition) is 0. The van der Waals surface area contributed by atoms with Crippen LogP contribution in [0.15, 0.2) is 18.2 Å². The first kappa shape index (κ1) is 8.30. The number of halogens is 1. The molecule has 1 aliphatic rings. The van der Waals surface area contributed by atoms with Gasteiger partial charge in [-0.05, 0) is 0 Å². The number of benzene rings is 1. The molecule has 2 rings (SSSR count). The van der Waals surface area contributed by atoms with Gasteiger partial charge in [0, 0.05) is 0 Å². The molecule has 0 N–H and O–H groups in total. The molecule has 1 aromatic carbocycles. The fraction of sp³-hybridized carbons (Fsp3) is 0.222. The molecule has 1 atom stereocenters. The first-order valence-corrected chi connectivity index (χ1v) is 5.91. The van der Waals surface area contributed by atoms with Gasteiger partial charge in [-0.3, -0.25) is 0 Å². The van der Waals surface area contributed by atoms with Crippen molar-refractivity contribution in [3.63, 3.8) is 0 Å². The van der Waals surface area contributed by atoms with E-state index in [1.807, 2.05) is 19.1 Å². The summed E-state index contributed by atoms with van der Waals surface area (Å²) in [4.78, 5) is 11.7. The van der Waals surface area contributed by atoms with E-state index in [1.165, 1.54) is 4.46 Å². The second kappa shape index (κ2) is 2.88. The third-order valence-electron chi connectivity index (χ3n) is 1.88. The van der Waals surface area contributed by atoms with Crippen LogP contribution in [0.1, 0.15) is 17.3 Å². The standard InChI is InChI=1S/C9H7ClOSe/c1-5-9(11)7-4-6(10)2-3-8(7)12-5/h2-5H,1H3. The van der Waals surface area contributed by atoms with Gasteiger partial charge in [0.2, 0.25) is 0 Å². The van der Waals surface area contributed by atoms with E-state index in [9.17, 15) is 4.79 Å². The molecular formula is C9H7ClOSe. The Labute approximate surface area is 82.3 Å². The number of hydrogen-bond acceptors (Lipinski definition) is 1. The van der Waals surface area contributed by atoms with E-state index in [2.05, 4.69) is 0 Å². The Kier molecular flexibility index (Phi) is 1.99. The normalized spacial score (nSPS) is 21.2. The maximum atomic E-state index is 11.5. The molecule has 0 radical (unpaired) electrons. The van der Waals surface area contributed by atoms with Crippen molar-refractivity contribution in [2.24, 2.45) is 0 Å². The van der Waals surface area contributed by atoms with Crippen LogP contribution >= 0.6 is 11.6 Å². The Morgan fingerprint density at radius 2 is 2.25 bits per heavy atom. The molecule has 0 bridgehead atoms. The summed E-state index contributed by atoms with van der Waals surface area (Å²) >= 11 is 6.11. The summed E-state index contributed by atoms with van der Waals surface area (Å²) in [6, 6.07) is 5.61. The third-order valence-corrected chi connectivity index (χ3v) is 4.59. The van der Waals surface area contributed by atoms with Crippen LogP contribution in [0.3, 0.4) is 0 Å². The summed E-state index contributed by atoms with van der Waals surface area (Å²) < 4.78 is 1.20. The monoisotopic (exact) mass is 246 g/mol. The van der Waals surface area contributed by atoms with Crippen molar-refractivity contribution < 1.29 is 4.79 Å². The number of Topliss-reactive ketones (excluding diaryl/α,β-unsaturated/α-hetero) is 1. The van der Waals surface area contributed by atoms with Gasteiger partial charge in [0.1, 0.15) is 0 Å². The zero-order valence-electron chi connectivity index (χ0n) is 6.50. The van der Waals surface area contributed by atoms with Crippen LogP contribution in [-0.2, 0) is 0 Å². The fourth-order valence-corrected chi connectivity index (χ4v) is 3.63. The van der Waals surface area contributed by atoms with Gasteiger partial charge in [0.15, 0.2) is 0 Å². The quantitative estimate of drug-likeness (QED) is 0.636.